The highest BCUT2D eigenvalue weighted by atomic mass is 16.1. The number of hydrogen-bond acceptors (Lipinski definition) is 2. The molecule has 1 aliphatic carbocycles. The van der Waals surface area contributed by atoms with E-state index in [1.54, 1.807) is 0 Å². The fraction of sp³-hybridized carbons (Fsp3) is 0.615. The van der Waals surface area contributed by atoms with Gasteiger partial charge in [-0.1, -0.05) is 24.3 Å². The number of allylic oxidation sites excluding steroid dienone is 3. The molecule has 0 radical (unpaired) electrons. The highest BCUT2D eigenvalue weighted by Gasteiger charge is 2.29. The summed E-state index contributed by atoms with van der Waals surface area (Å²) in [6.45, 7) is 1.71. The number of nitrogens with zero attached hydrogens (tertiary/aromatic N) is 1. The van der Waals surface area contributed by atoms with Gasteiger partial charge in [0.05, 0.1) is 6.54 Å². The van der Waals surface area contributed by atoms with E-state index in [0.717, 1.165) is 12.8 Å². The normalized spacial score (nSPS) is 31.7. The summed E-state index contributed by atoms with van der Waals surface area (Å²) in [4.78, 5) is 12.9. The molecule has 0 spiro atoms. The fourth-order valence-electron chi connectivity index (χ4n) is 2.75. The summed E-state index contributed by atoms with van der Waals surface area (Å²) >= 11 is 0. The van der Waals surface area contributed by atoms with E-state index in [0.29, 0.717) is 18.5 Å². The van der Waals surface area contributed by atoms with Gasteiger partial charge in [0.1, 0.15) is 6.29 Å². The van der Waals surface area contributed by atoms with E-state index < -0.39 is 0 Å². The van der Waals surface area contributed by atoms with Gasteiger partial charge < -0.3 is 4.79 Å². The van der Waals surface area contributed by atoms with Crippen LogP contribution >= 0.6 is 0 Å². The summed E-state index contributed by atoms with van der Waals surface area (Å²) in [6.07, 6.45) is 14.8. The number of hydrogen-bond donors (Lipinski definition) is 0. The van der Waals surface area contributed by atoms with E-state index in [-0.39, 0.29) is 0 Å². The fourth-order valence-corrected chi connectivity index (χ4v) is 2.75. The molecule has 2 nitrogen and oxygen atoms in total. The zero-order valence-electron chi connectivity index (χ0n) is 9.14. The third kappa shape index (κ3) is 2.57. The molecule has 1 saturated heterocycles. The first-order chi connectivity index (χ1) is 7.42. The van der Waals surface area contributed by atoms with Crippen LogP contribution in [0.5, 0.6) is 0 Å². The zero-order valence-corrected chi connectivity index (χ0v) is 9.14. The zero-order chi connectivity index (χ0) is 10.5. The van der Waals surface area contributed by atoms with Crippen molar-refractivity contribution >= 4 is 6.29 Å². The average molecular weight is 205 g/mol. The second kappa shape index (κ2) is 5.26. The summed E-state index contributed by atoms with van der Waals surface area (Å²) in [6, 6.07) is 0.603. The molecular weight excluding hydrogens is 186 g/mol. The lowest BCUT2D eigenvalue weighted by molar-refractivity contribution is -0.109. The van der Waals surface area contributed by atoms with Gasteiger partial charge in [-0.25, -0.2) is 0 Å². The van der Waals surface area contributed by atoms with Crippen molar-refractivity contribution in [3.63, 3.8) is 0 Å². The van der Waals surface area contributed by atoms with E-state index in [1.165, 1.54) is 25.7 Å². The molecule has 2 heteroatoms. The lowest BCUT2D eigenvalue weighted by Crippen LogP contribution is -2.36. The van der Waals surface area contributed by atoms with Crippen LogP contribution in [0, 0.1) is 5.92 Å². The van der Waals surface area contributed by atoms with Gasteiger partial charge >= 0.3 is 0 Å². The van der Waals surface area contributed by atoms with E-state index in [1.807, 2.05) is 0 Å². The van der Waals surface area contributed by atoms with Crippen molar-refractivity contribution in [2.24, 2.45) is 5.92 Å². The second-order valence-electron chi connectivity index (χ2n) is 4.43. The molecule has 2 unspecified atom stereocenters. The molecule has 15 heavy (non-hydrogen) atoms. The van der Waals surface area contributed by atoms with Gasteiger partial charge in [0.2, 0.25) is 0 Å². The maximum absolute atomic E-state index is 10.6. The smallest absolute Gasteiger partial charge is 0.133 e. The topological polar surface area (TPSA) is 20.3 Å². The molecule has 0 bridgehead atoms. The van der Waals surface area contributed by atoms with E-state index in [9.17, 15) is 4.79 Å². The van der Waals surface area contributed by atoms with Gasteiger partial charge in [-0.3, -0.25) is 4.90 Å². The molecular formula is C13H19NO. The number of carbonyl (C=O) groups excluding carboxylic acids is 1. The summed E-state index contributed by atoms with van der Waals surface area (Å²) in [5.74, 6) is 0.641. The van der Waals surface area contributed by atoms with Crippen molar-refractivity contribution in [1.82, 2.24) is 4.90 Å². The minimum absolute atomic E-state index is 0.603. The maximum Gasteiger partial charge on any atom is 0.133 e. The Kier molecular flexibility index (Phi) is 3.73. The first kappa shape index (κ1) is 10.6. The summed E-state index contributed by atoms with van der Waals surface area (Å²) in [7, 11) is 0. The third-order valence-electron chi connectivity index (χ3n) is 3.49. The minimum atomic E-state index is 0.603. The molecule has 1 aliphatic heterocycles. The first-order valence-electron chi connectivity index (χ1n) is 5.93. The van der Waals surface area contributed by atoms with Gasteiger partial charge in [0, 0.05) is 6.04 Å². The van der Waals surface area contributed by atoms with Crippen LogP contribution in [0.4, 0.5) is 0 Å². The molecule has 1 fully saturated rings. The van der Waals surface area contributed by atoms with Crippen LogP contribution in [0.2, 0.25) is 0 Å². The Morgan fingerprint density at radius 2 is 2.27 bits per heavy atom. The number of likely N-dealkylation sites (tertiary alicyclic amines) is 1. The van der Waals surface area contributed by atoms with Crippen LogP contribution in [0.1, 0.15) is 25.7 Å². The number of carbonyl (C=O) groups is 1. The van der Waals surface area contributed by atoms with Crippen LogP contribution < -0.4 is 0 Å². The standard InChI is InChI=1S/C13H19NO/c15-11-10-14-9-5-8-13(14)12-6-3-1-2-4-7-12/h1-3,6,11-13H,4-5,7-10H2. The Labute approximate surface area is 91.6 Å². The number of aldehydes is 1. The minimum Gasteiger partial charge on any atom is -0.302 e. The maximum atomic E-state index is 10.6. The highest BCUT2D eigenvalue weighted by molar-refractivity contribution is 5.52. The molecule has 0 aromatic rings. The largest absolute Gasteiger partial charge is 0.302 e. The quantitative estimate of drug-likeness (QED) is 0.658. The Morgan fingerprint density at radius 3 is 3.13 bits per heavy atom. The van der Waals surface area contributed by atoms with Crippen LogP contribution in [-0.4, -0.2) is 30.3 Å². The molecule has 0 amide bonds. The van der Waals surface area contributed by atoms with Gasteiger partial charge in [0.25, 0.3) is 0 Å². The van der Waals surface area contributed by atoms with Crippen molar-refractivity contribution in [1.29, 1.82) is 0 Å². The molecule has 82 valence electrons. The molecule has 2 atom stereocenters. The predicted molar refractivity (Wildman–Crippen MR) is 61.7 cm³/mol. The predicted octanol–water partition coefficient (Wildman–Crippen LogP) is 2.17. The van der Waals surface area contributed by atoms with Crippen molar-refractivity contribution in [2.75, 3.05) is 13.1 Å². The molecule has 2 rings (SSSR count). The molecule has 0 aromatic heterocycles. The van der Waals surface area contributed by atoms with Gasteiger partial charge in [-0.2, -0.15) is 0 Å². The second-order valence-corrected chi connectivity index (χ2v) is 4.43. The van der Waals surface area contributed by atoms with Crippen molar-refractivity contribution in [3.05, 3.63) is 24.3 Å². The Morgan fingerprint density at radius 1 is 1.33 bits per heavy atom. The van der Waals surface area contributed by atoms with Gasteiger partial charge in [-0.15, -0.1) is 0 Å². The first-order valence-corrected chi connectivity index (χ1v) is 5.93. The summed E-state index contributed by atoms with van der Waals surface area (Å²) in [5, 5.41) is 0. The van der Waals surface area contributed by atoms with E-state index in [2.05, 4.69) is 29.2 Å². The van der Waals surface area contributed by atoms with Gasteiger partial charge in [0.15, 0.2) is 0 Å². The molecule has 2 aliphatic rings. The summed E-state index contributed by atoms with van der Waals surface area (Å²) < 4.78 is 0. The van der Waals surface area contributed by atoms with Crippen molar-refractivity contribution < 1.29 is 4.79 Å². The third-order valence-corrected chi connectivity index (χ3v) is 3.49. The van der Waals surface area contributed by atoms with E-state index in [4.69, 9.17) is 0 Å². The van der Waals surface area contributed by atoms with E-state index >= 15 is 0 Å². The monoisotopic (exact) mass is 205 g/mol. The molecule has 1 heterocycles. The Bertz CT molecular complexity index is 270. The van der Waals surface area contributed by atoms with Gasteiger partial charge in [-0.05, 0) is 38.1 Å². The molecule has 0 saturated carbocycles. The lowest BCUT2D eigenvalue weighted by Gasteiger charge is -2.28. The van der Waals surface area contributed by atoms with Crippen molar-refractivity contribution in [2.45, 2.75) is 31.7 Å². The summed E-state index contributed by atoms with van der Waals surface area (Å²) in [5.41, 5.74) is 0. The van der Waals surface area contributed by atoms with Crippen LogP contribution in [0.15, 0.2) is 24.3 Å². The van der Waals surface area contributed by atoms with Crippen LogP contribution in [0.3, 0.4) is 0 Å². The van der Waals surface area contributed by atoms with Crippen LogP contribution in [-0.2, 0) is 4.79 Å². The lowest BCUT2D eigenvalue weighted by atomic mass is 9.93. The Balaban J connectivity index is 1.98. The molecule has 0 N–H and O–H groups in total. The number of rotatable bonds is 3. The van der Waals surface area contributed by atoms with Crippen molar-refractivity contribution in [3.8, 4) is 0 Å². The average Bonchev–Trinajstić information content (AvgIpc) is 2.53. The molecule has 0 aromatic carbocycles. The van der Waals surface area contributed by atoms with Crippen LogP contribution in [0.25, 0.3) is 0 Å². The highest BCUT2D eigenvalue weighted by Crippen LogP contribution is 2.28. The Hall–Kier alpha value is -0.890. The SMILES string of the molecule is O=CCN1CCCC1C1C=CC=CCC1.